The fourth-order valence-electron chi connectivity index (χ4n) is 5.51. The van der Waals surface area contributed by atoms with E-state index in [2.05, 4.69) is 16.7 Å². The van der Waals surface area contributed by atoms with Crippen LogP contribution >= 0.6 is 0 Å². The summed E-state index contributed by atoms with van der Waals surface area (Å²) in [5.41, 5.74) is 8.90. The summed E-state index contributed by atoms with van der Waals surface area (Å²) in [6, 6.07) is 14.9. The maximum Gasteiger partial charge on any atom is 0.241 e. The molecule has 0 spiro atoms. The van der Waals surface area contributed by atoms with Crippen LogP contribution in [0.2, 0.25) is 0 Å². The molecule has 1 saturated carbocycles. The predicted octanol–water partition coefficient (Wildman–Crippen LogP) is 4.22. The zero-order valence-electron chi connectivity index (χ0n) is 20.1. The minimum Gasteiger partial charge on any atom is -0.497 e. The highest BCUT2D eigenvalue weighted by atomic mass is 16.5. The van der Waals surface area contributed by atoms with Gasteiger partial charge in [0.05, 0.1) is 19.2 Å². The van der Waals surface area contributed by atoms with Crippen molar-refractivity contribution in [1.29, 1.82) is 0 Å². The molecule has 4 rings (SSSR count). The van der Waals surface area contributed by atoms with Gasteiger partial charge in [-0.05, 0) is 66.8 Å². The van der Waals surface area contributed by atoms with Crippen molar-refractivity contribution in [2.45, 2.75) is 69.9 Å². The Balaban J connectivity index is 1.53. The third-order valence-corrected chi connectivity index (χ3v) is 7.48. The SMILES string of the molecule is COc1ccc(CC2Cc3ccccc3NC(=O)[C@H]2N[C@@H](CCC2CCCCC2)C(N)=O)cc1. The number of anilines is 1. The van der Waals surface area contributed by atoms with Gasteiger partial charge in [-0.3, -0.25) is 14.9 Å². The summed E-state index contributed by atoms with van der Waals surface area (Å²) in [6.07, 6.45) is 9.38. The van der Waals surface area contributed by atoms with E-state index < -0.39 is 12.1 Å². The number of hydrogen-bond donors (Lipinski definition) is 3. The summed E-state index contributed by atoms with van der Waals surface area (Å²) >= 11 is 0. The van der Waals surface area contributed by atoms with Gasteiger partial charge < -0.3 is 15.8 Å². The Morgan fingerprint density at radius 2 is 1.85 bits per heavy atom. The summed E-state index contributed by atoms with van der Waals surface area (Å²) in [6.45, 7) is 0. The molecule has 6 nitrogen and oxygen atoms in total. The summed E-state index contributed by atoms with van der Waals surface area (Å²) in [5.74, 6) is 0.952. The van der Waals surface area contributed by atoms with Crippen LogP contribution in [0.15, 0.2) is 48.5 Å². The van der Waals surface area contributed by atoms with Crippen molar-refractivity contribution in [3.8, 4) is 5.75 Å². The van der Waals surface area contributed by atoms with Gasteiger partial charge in [-0.25, -0.2) is 0 Å². The van der Waals surface area contributed by atoms with Gasteiger partial charge in [-0.15, -0.1) is 0 Å². The molecule has 2 amide bonds. The highest BCUT2D eigenvalue weighted by Gasteiger charge is 2.35. The average Bonchev–Trinajstić information content (AvgIpc) is 2.98. The molecule has 6 heteroatoms. The molecule has 3 atom stereocenters. The first-order valence-electron chi connectivity index (χ1n) is 12.6. The molecular formula is C28H37N3O3. The van der Waals surface area contributed by atoms with Gasteiger partial charge >= 0.3 is 0 Å². The maximum absolute atomic E-state index is 13.4. The van der Waals surface area contributed by atoms with Gasteiger partial charge in [0.25, 0.3) is 0 Å². The molecule has 0 saturated heterocycles. The summed E-state index contributed by atoms with van der Waals surface area (Å²) < 4.78 is 5.29. The third-order valence-electron chi connectivity index (χ3n) is 7.48. The van der Waals surface area contributed by atoms with Crippen LogP contribution in [0.3, 0.4) is 0 Å². The highest BCUT2D eigenvalue weighted by molar-refractivity contribution is 5.97. The smallest absolute Gasteiger partial charge is 0.241 e. The topological polar surface area (TPSA) is 93.4 Å². The number of nitrogens with two attached hydrogens (primary N) is 1. The van der Waals surface area contributed by atoms with Crippen LogP contribution < -0.4 is 21.1 Å². The van der Waals surface area contributed by atoms with Crippen molar-refractivity contribution < 1.29 is 14.3 Å². The van der Waals surface area contributed by atoms with Gasteiger partial charge in [0.2, 0.25) is 11.8 Å². The van der Waals surface area contributed by atoms with Gasteiger partial charge in [-0.2, -0.15) is 0 Å². The second kappa shape index (κ2) is 11.5. The number of hydrogen-bond acceptors (Lipinski definition) is 4. The van der Waals surface area contributed by atoms with Crippen LogP contribution in [0.1, 0.15) is 56.1 Å². The lowest BCUT2D eigenvalue weighted by Gasteiger charge is -2.29. The van der Waals surface area contributed by atoms with E-state index >= 15 is 0 Å². The van der Waals surface area contributed by atoms with E-state index in [0.29, 0.717) is 18.8 Å². The molecule has 4 N–H and O–H groups in total. The first-order chi connectivity index (χ1) is 16.5. The lowest BCUT2D eigenvalue weighted by atomic mass is 9.84. The summed E-state index contributed by atoms with van der Waals surface area (Å²) in [4.78, 5) is 25.8. The van der Waals surface area contributed by atoms with Crippen molar-refractivity contribution in [2.75, 3.05) is 12.4 Å². The largest absolute Gasteiger partial charge is 0.497 e. The van der Waals surface area contributed by atoms with Crippen molar-refractivity contribution in [3.05, 3.63) is 59.7 Å². The van der Waals surface area contributed by atoms with E-state index in [0.717, 1.165) is 35.4 Å². The Labute approximate surface area is 202 Å². The van der Waals surface area contributed by atoms with Crippen molar-refractivity contribution in [2.24, 2.45) is 17.6 Å². The fraction of sp³-hybridized carbons (Fsp3) is 0.500. The maximum atomic E-state index is 13.4. The average molecular weight is 464 g/mol. The second-order valence-electron chi connectivity index (χ2n) is 9.84. The Bertz CT molecular complexity index is 969. The van der Waals surface area contributed by atoms with Gasteiger partial charge in [-0.1, -0.05) is 62.4 Å². The van der Waals surface area contributed by atoms with E-state index in [4.69, 9.17) is 10.5 Å². The number of para-hydroxylation sites is 1. The minimum atomic E-state index is -0.516. The number of ether oxygens (including phenoxy) is 1. The van der Waals surface area contributed by atoms with Crippen LogP contribution in [0, 0.1) is 11.8 Å². The summed E-state index contributed by atoms with van der Waals surface area (Å²) in [5, 5.41) is 6.48. The highest BCUT2D eigenvalue weighted by Crippen LogP contribution is 2.30. The number of methoxy groups -OCH3 is 1. The van der Waals surface area contributed by atoms with Gasteiger partial charge in [0.15, 0.2) is 0 Å². The second-order valence-corrected chi connectivity index (χ2v) is 9.84. The minimum absolute atomic E-state index is 0.0198. The number of fused-ring (bicyclic) bond motifs is 1. The van der Waals surface area contributed by atoms with E-state index in [1.54, 1.807) is 7.11 Å². The molecule has 1 fully saturated rings. The molecule has 1 unspecified atom stereocenters. The number of benzene rings is 2. The summed E-state index contributed by atoms with van der Waals surface area (Å²) in [7, 11) is 1.65. The molecule has 2 aromatic carbocycles. The fourth-order valence-corrected chi connectivity index (χ4v) is 5.51. The number of nitrogens with one attached hydrogen (secondary N) is 2. The Morgan fingerprint density at radius 1 is 1.12 bits per heavy atom. The Kier molecular flexibility index (Phi) is 8.22. The van der Waals surface area contributed by atoms with Crippen LogP contribution in [-0.4, -0.2) is 31.0 Å². The normalized spacial score (nSPS) is 21.7. The molecule has 0 bridgehead atoms. The van der Waals surface area contributed by atoms with Crippen molar-refractivity contribution in [1.82, 2.24) is 5.32 Å². The van der Waals surface area contributed by atoms with Crippen LogP contribution in [0.4, 0.5) is 5.69 Å². The first kappa shape index (κ1) is 24.3. The predicted molar refractivity (Wildman–Crippen MR) is 135 cm³/mol. The molecule has 182 valence electrons. The molecule has 0 aromatic heterocycles. The van der Waals surface area contributed by atoms with E-state index in [1.165, 1.54) is 32.1 Å². The number of rotatable bonds is 9. The number of carbonyl (C=O) groups excluding carboxylic acids is 2. The number of carbonyl (C=O) groups is 2. The van der Waals surface area contributed by atoms with Gasteiger partial charge in [0.1, 0.15) is 5.75 Å². The monoisotopic (exact) mass is 463 g/mol. The lowest BCUT2D eigenvalue weighted by Crippen LogP contribution is -2.54. The quantitative estimate of drug-likeness (QED) is 0.519. The number of primary amides is 1. The molecule has 1 aliphatic carbocycles. The first-order valence-corrected chi connectivity index (χ1v) is 12.6. The van der Waals surface area contributed by atoms with E-state index in [-0.39, 0.29) is 17.7 Å². The van der Waals surface area contributed by atoms with Crippen molar-refractivity contribution >= 4 is 17.5 Å². The number of amides is 2. The molecule has 2 aromatic rings. The molecular weight excluding hydrogens is 426 g/mol. The van der Waals surface area contributed by atoms with Crippen molar-refractivity contribution in [3.63, 3.8) is 0 Å². The van der Waals surface area contributed by atoms with E-state index in [9.17, 15) is 9.59 Å². The Hall–Kier alpha value is -2.86. The van der Waals surface area contributed by atoms with Crippen LogP contribution in [0.25, 0.3) is 0 Å². The molecule has 1 aliphatic heterocycles. The van der Waals surface area contributed by atoms with Crippen LogP contribution in [-0.2, 0) is 22.4 Å². The molecule has 2 aliphatic rings. The van der Waals surface area contributed by atoms with E-state index in [1.807, 2.05) is 42.5 Å². The zero-order chi connectivity index (χ0) is 23.9. The molecule has 1 heterocycles. The third kappa shape index (κ3) is 6.17. The molecule has 34 heavy (non-hydrogen) atoms. The lowest BCUT2D eigenvalue weighted by molar-refractivity contribution is -0.122. The zero-order valence-corrected chi connectivity index (χ0v) is 20.1. The standard InChI is InChI=1S/C28H37N3O3/c1-34-23-14-11-20(12-15-23)17-22-18-21-9-5-6-10-24(21)31-28(33)26(22)30-25(27(29)32)16-13-19-7-3-2-4-8-19/h5-6,9-12,14-15,19,22,25-26,30H,2-4,7-8,13,16-18H2,1H3,(H2,29,32)(H,31,33)/t22?,25-,26-/m0/s1. The Morgan fingerprint density at radius 3 is 2.56 bits per heavy atom. The van der Waals surface area contributed by atoms with Crippen LogP contribution in [0.5, 0.6) is 5.75 Å². The van der Waals surface area contributed by atoms with Gasteiger partial charge in [0, 0.05) is 5.69 Å². The molecule has 0 radical (unpaired) electrons.